The van der Waals surface area contributed by atoms with Crippen molar-refractivity contribution in [1.82, 2.24) is 4.31 Å². The van der Waals surface area contributed by atoms with Crippen LogP contribution < -0.4 is 5.73 Å². The maximum Gasteiger partial charge on any atom is 0.243 e. The molecular weight excluding hydrogens is 320 g/mol. The Kier molecular flexibility index (Phi) is 3.96. The maximum atomic E-state index is 12.4. The van der Waals surface area contributed by atoms with Crippen LogP contribution in [0.2, 0.25) is 0 Å². The minimum atomic E-state index is -3.55. The van der Waals surface area contributed by atoms with Crippen LogP contribution in [-0.2, 0) is 10.0 Å². The normalized spacial score (nSPS) is 21.3. The molecule has 0 aliphatic carbocycles. The number of hydrogen-bond acceptors (Lipinski definition) is 4. The second-order valence-corrected chi connectivity index (χ2v) is 7.02. The smallest absolute Gasteiger partial charge is 0.243 e. The quantitative estimate of drug-likeness (QED) is 0.813. The molecule has 0 radical (unpaired) electrons. The molecule has 1 aromatic carbocycles. The molecule has 100 valence electrons. The second-order valence-electron chi connectivity index (χ2n) is 4.28. The van der Waals surface area contributed by atoms with Gasteiger partial charge in [-0.05, 0) is 47.0 Å². The standard InChI is InChI=1S/C11H15BrN2O3S/c12-10-6-9(3-4-11(10)13)18(16,17)14-5-1-2-8(14)7-15/h3-4,6,8,15H,1-2,5,7,13H2. The Hall–Kier alpha value is -0.630. The number of anilines is 1. The number of nitrogens with two attached hydrogens (primary N) is 1. The Balaban J connectivity index is 2.38. The van der Waals surface area contributed by atoms with E-state index in [1.165, 1.54) is 16.4 Å². The molecule has 1 aliphatic heterocycles. The van der Waals surface area contributed by atoms with E-state index in [0.29, 0.717) is 23.1 Å². The van der Waals surface area contributed by atoms with Gasteiger partial charge >= 0.3 is 0 Å². The first-order valence-corrected chi connectivity index (χ1v) is 7.88. The minimum Gasteiger partial charge on any atom is -0.398 e. The average molecular weight is 335 g/mol. The molecule has 2 rings (SSSR count). The molecule has 1 heterocycles. The van der Waals surface area contributed by atoms with Crippen LogP contribution >= 0.6 is 15.9 Å². The van der Waals surface area contributed by atoms with E-state index in [9.17, 15) is 13.5 Å². The van der Waals surface area contributed by atoms with Crippen molar-refractivity contribution in [1.29, 1.82) is 0 Å². The molecule has 1 aliphatic rings. The third-order valence-corrected chi connectivity index (χ3v) is 5.75. The molecule has 1 atom stereocenters. The zero-order chi connectivity index (χ0) is 13.3. The fraction of sp³-hybridized carbons (Fsp3) is 0.455. The van der Waals surface area contributed by atoms with Gasteiger partial charge in [-0.15, -0.1) is 0 Å². The zero-order valence-electron chi connectivity index (χ0n) is 9.71. The molecule has 0 aromatic heterocycles. The SMILES string of the molecule is Nc1ccc(S(=O)(=O)N2CCCC2CO)cc1Br. The predicted octanol–water partition coefficient (Wildman–Crippen LogP) is 1.18. The molecule has 3 N–H and O–H groups in total. The summed E-state index contributed by atoms with van der Waals surface area (Å²) >= 11 is 3.22. The summed E-state index contributed by atoms with van der Waals surface area (Å²) in [5.74, 6) is 0. The lowest BCUT2D eigenvalue weighted by Gasteiger charge is -2.22. The average Bonchev–Trinajstić information content (AvgIpc) is 2.81. The number of halogens is 1. The number of hydrogen-bond donors (Lipinski definition) is 2. The summed E-state index contributed by atoms with van der Waals surface area (Å²) in [5, 5.41) is 9.21. The Morgan fingerprint density at radius 1 is 1.50 bits per heavy atom. The molecule has 5 nitrogen and oxygen atoms in total. The molecule has 7 heteroatoms. The van der Waals surface area contributed by atoms with Crippen LogP contribution in [0.3, 0.4) is 0 Å². The first kappa shape index (κ1) is 13.8. The first-order valence-electron chi connectivity index (χ1n) is 5.64. The maximum absolute atomic E-state index is 12.4. The summed E-state index contributed by atoms with van der Waals surface area (Å²) in [7, 11) is -3.55. The largest absolute Gasteiger partial charge is 0.398 e. The molecule has 1 saturated heterocycles. The summed E-state index contributed by atoms with van der Waals surface area (Å²) in [6.45, 7) is 0.310. The molecule has 1 unspecified atom stereocenters. The van der Waals surface area contributed by atoms with E-state index in [0.717, 1.165) is 6.42 Å². The van der Waals surface area contributed by atoms with Gasteiger partial charge in [-0.2, -0.15) is 4.31 Å². The van der Waals surface area contributed by atoms with Crippen LogP contribution in [0, 0.1) is 0 Å². The van der Waals surface area contributed by atoms with Crippen molar-refractivity contribution in [2.75, 3.05) is 18.9 Å². The van der Waals surface area contributed by atoms with Crippen molar-refractivity contribution in [2.45, 2.75) is 23.8 Å². The highest BCUT2D eigenvalue weighted by atomic mass is 79.9. The Bertz CT molecular complexity index is 547. The van der Waals surface area contributed by atoms with E-state index in [2.05, 4.69) is 15.9 Å². The van der Waals surface area contributed by atoms with E-state index < -0.39 is 10.0 Å². The molecule has 0 bridgehead atoms. The molecule has 1 fully saturated rings. The van der Waals surface area contributed by atoms with Gasteiger partial charge in [0.05, 0.1) is 11.5 Å². The van der Waals surface area contributed by atoms with Crippen LogP contribution in [0.15, 0.2) is 27.6 Å². The number of nitrogens with zero attached hydrogens (tertiary/aromatic N) is 1. The predicted molar refractivity (Wildman–Crippen MR) is 72.6 cm³/mol. The number of nitrogen functional groups attached to an aromatic ring is 1. The van der Waals surface area contributed by atoms with Crippen LogP contribution in [-0.4, -0.2) is 37.0 Å². The number of rotatable bonds is 3. The monoisotopic (exact) mass is 334 g/mol. The van der Waals surface area contributed by atoms with Gasteiger partial charge in [0, 0.05) is 22.7 Å². The summed E-state index contributed by atoms with van der Waals surface area (Å²) in [6.07, 6.45) is 1.48. The molecule has 1 aromatic rings. The fourth-order valence-corrected chi connectivity index (χ4v) is 4.35. The number of sulfonamides is 1. The van der Waals surface area contributed by atoms with Crippen molar-refractivity contribution in [2.24, 2.45) is 0 Å². The Labute approximate surface area is 115 Å². The van der Waals surface area contributed by atoms with Gasteiger partial charge in [0.2, 0.25) is 10.0 Å². The third-order valence-electron chi connectivity index (χ3n) is 3.11. The molecule has 18 heavy (non-hydrogen) atoms. The molecular formula is C11H15BrN2O3S. The zero-order valence-corrected chi connectivity index (χ0v) is 12.1. The number of aliphatic hydroxyl groups is 1. The summed E-state index contributed by atoms with van der Waals surface area (Å²) in [6, 6.07) is 4.23. The van der Waals surface area contributed by atoms with Gasteiger partial charge in [-0.1, -0.05) is 0 Å². The summed E-state index contributed by atoms with van der Waals surface area (Å²) < 4.78 is 26.8. The van der Waals surface area contributed by atoms with Gasteiger partial charge in [-0.3, -0.25) is 0 Å². The fourth-order valence-electron chi connectivity index (χ4n) is 2.11. The molecule has 0 saturated carbocycles. The van der Waals surface area contributed by atoms with Gasteiger partial charge in [-0.25, -0.2) is 8.42 Å². The highest BCUT2D eigenvalue weighted by Crippen LogP contribution is 2.29. The van der Waals surface area contributed by atoms with Gasteiger partial charge in [0.25, 0.3) is 0 Å². The van der Waals surface area contributed by atoms with Gasteiger partial charge < -0.3 is 10.8 Å². The first-order chi connectivity index (χ1) is 8.46. The third kappa shape index (κ3) is 2.40. The highest BCUT2D eigenvalue weighted by molar-refractivity contribution is 9.10. The van der Waals surface area contributed by atoms with Crippen molar-refractivity contribution in [3.8, 4) is 0 Å². The number of aliphatic hydroxyl groups excluding tert-OH is 1. The van der Waals surface area contributed by atoms with E-state index >= 15 is 0 Å². The topological polar surface area (TPSA) is 83.6 Å². The molecule has 0 spiro atoms. The van der Waals surface area contributed by atoms with Crippen molar-refractivity contribution in [3.05, 3.63) is 22.7 Å². The van der Waals surface area contributed by atoms with E-state index in [4.69, 9.17) is 5.73 Å². The van der Waals surface area contributed by atoms with Crippen molar-refractivity contribution < 1.29 is 13.5 Å². The minimum absolute atomic E-state index is 0.143. The lowest BCUT2D eigenvalue weighted by Crippen LogP contribution is -2.37. The molecule has 0 amide bonds. The van der Waals surface area contributed by atoms with Gasteiger partial charge in [0.1, 0.15) is 0 Å². The van der Waals surface area contributed by atoms with Gasteiger partial charge in [0.15, 0.2) is 0 Å². The van der Waals surface area contributed by atoms with Crippen LogP contribution in [0.25, 0.3) is 0 Å². The Morgan fingerprint density at radius 3 is 2.83 bits per heavy atom. The van der Waals surface area contributed by atoms with Crippen molar-refractivity contribution >= 4 is 31.6 Å². The lowest BCUT2D eigenvalue weighted by atomic mass is 10.2. The van der Waals surface area contributed by atoms with Crippen LogP contribution in [0.4, 0.5) is 5.69 Å². The second kappa shape index (κ2) is 5.16. The van der Waals surface area contributed by atoms with Crippen molar-refractivity contribution in [3.63, 3.8) is 0 Å². The Morgan fingerprint density at radius 2 is 2.22 bits per heavy atom. The van der Waals surface area contributed by atoms with Crippen LogP contribution in [0.5, 0.6) is 0 Å². The summed E-state index contributed by atoms with van der Waals surface area (Å²) in [5.41, 5.74) is 6.14. The van der Waals surface area contributed by atoms with E-state index in [1.807, 2.05) is 0 Å². The highest BCUT2D eigenvalue weighted by Gasteiger charge is 2.34. The van der Waals surface area contributed by atoms with E-state index in [1.54, 1.807) is 6.07 Å². The lowest BCUT2D eigenvalue weighted by molar-refractivity contribution is 0.213. The van der Waals surface area contributed by atoms with Crippen LogP contribution in [0.1, 0.15) is 12.8 Å². The number of benzene rings is 1. The van der Waals surface area contributed by atoms with E-state index in [-0.39, 0.29) is 17.5 Å². The summed E-state index contributed by atoms with van der Waals surface area (Å²) in [4.78, 5) is 0.198.